The summed E-state index contributed by atoms with van der Waals surface area (Å²) in [6.07, 6.45) is 0.667. The van der Waals surface area contributed by atoms with Crippen molar-refractivity contribution in [2.45, 2.75) is 13.0 Å². The number of hydrogen-bond acceptors (Lipinski definition) is 4. The van der Waals surface area contributed by atoms with Gasteiger partial charge < -0.3 is 20.7 Å². The standard InChI is InChI=1S/C25H26ClN3O3/c1-32-23-11-6-5-10-21(23)24(30)28-20-12-13-22(26)19(16-20)17-29(15-7-14-27)25(31)18-8-3-2-4-9-18/h2-6,8-13,16H,7,14-15,17,27H2,1H3,(H,28,30). The van der Waals surface area contributed by atoms with E-state index in [0.717, 1.165) is 5.56 Å². The predicted octanol–water partition coefficient (Wildman–Crippen LogP) is 4.59. The van der Waals surface area contributed by atoms with Gasteiger partial charge in [0.2, 0.25) is 0 Å². The molecule has 0 aliphatic rings. The molecule has 0 unspecified atom stereocenters. The summed E-state index contributed by atoms with van der Waals surface area (Å²) in [7, 11) is 1.52. The van der Waals surface area contributed by atoms with E-state index in [1.165, 1.54) is 7.11 Å². The molecule has 0 radical (unpaired) electrons. The fourth-order valence-electron chi connectivity index (χ4n) is 3.31. The Labute approximate surface area is 192 Å². The number of benzene rings is 3. The maximum Gasteiger partial charge on any atom is 0.259 e. The summed E-state index contributed by atoms with van der Waals surface area (Å²) in [6, 6.07) is 21.3. The first-order chi connectivity index (χ1) is 15.5. The number of carbonyl (C=O) groups is 2. The molecule has 0 heterocycles. The van der Waals surface area contributed by atoms with Crippen LogP contribution in [0.15, 0.2) is 72.8 Å². The van der Waals surface area contributed by atoms with Gasteiger partial charge in [0.05, 0.1) is 12.7 Å². The van der Waals surface area contributed by atoms with E-state index in [9.17, 15) is 9.59 Å². The molecule has 0 saturated carbocycles. The minimum Gasteiger partial charge on any atom is -0.496 e. The minimum absolute atomic E-state index is 0.0985. The van der Waals surface area contributed by atoms with Crippen molar-refractivity contribution in [2.75, 3.05) is 25.5 Å². The van der Waals surface area contributed by atoms with Crippen LogP contribution in [0, 0.1) is 0 Å². The molecule has 166 valence electrons. The van der Waals surface area contributed by atoms with Gasteiger partial charge in [-0.05, 0) is 61.0 Å². The van der Waals surface area contributed by atoms with E-state index in [0.29, 0.717) is 53.6 Å². The highest BCUT2D eigenvalue weighted by molar-refractivity contribution is 6.31. The molecule has 0 atom stereocenters. The zero-order valence-corrected chi connectivity index (χ0v) is 18.6. The first-order valence-corrected chi connectivity index (χ1v) is 10.7. The van der Waals surface area contributed by atoms with Gasteiger partial charge in [0.15, 0.2) is 0 Å². The molecule has 0 bridgehead atoms. The Hall–Kier alpha value is -3.35. The maximum absolute atomic E-state index is 13.0. The van der Waals surface area contributed by atoms with Crippen molar-refractivity contribution in [3.63, 3.8) is 0 Å². The third-order valence-electron chi connectivity index (χ3n) is 4.96. The number of rotatable bonds is 9. The Morgan fingerprint density at radius 1 is 1.03 bits per heavy atom. The summed E-state index contributed by atoms with van der Waals surface area (Å²) in [6.45, 7) is 1.27. The number of nitrogens with one attached hydrogen (secondary N) is 1. The van der Waals surface area contributed by atoms with Crippen molar-refractivity contribution < 1.29 is 14.3 Å². The van der Waals surface area contributed by atoms with Crippen LogP contribution in [-0.2, 0) is 6.54 Å². The zero-order valence-electron chi connectivity index (χ0n) is 17.9. The van der Waals surface area contributed by atoms with Crippen molar-refractivity contribution >= 4 is 29.1 Å². The summed E-state index contributed by atoms with van der Waals surface area (Å²) in [4.78, 5) is 27.5. The molecule has 3 N–H and O–H groups in total. The molecule has 3 aromatic carbocycles. The summed E-state index contributed by atoms with van der Waals surface area (Å²) in [5.74, 6) is 0.0928. The van der Waals surface area contributed by atoms with Crippen molar-refractivity contribution in [1.29, 1.82) is 0 Å². The molecule has 6 nitrogen and oxygen atoms in total. The second-order valence-corrected chi connectivity index (χ2v) is 7.60. The Morgan fingerprint density at radius 2 is 1.75 bits per heavy atom. The molecule has 3 rings (SSSR count). The highest BCUT2D eigenvalue weighted by atomic mass is 35.5. The third kappa shape index (κ3) is 5.87. The van der Waals surface area contributed by atoms with Crippen LogP contribution >= 0.6 is 11.6 Å². The van der Waals surface area contributed by atoms with Crippen molar-refractivity contribution in [3.8, 4) is 5.75 Å². The van der Waals surface area contributed by atoms with E-state index in [-0.39, 0.29) is 11.8 Å². The predicted molar refractivity (Wildman–Crippen MR) is 127 cm³/mol. The molecule has 0 aliphatic heterocycles. The van der Waals surface area contributed by atoms with Crippen LogP contribution in [-0.4, -0.2) is 36.9 Å². The number of halogens is 1. The molecule has 3 aromatic rings. The topological polar surface area (TPSA) is 84.7 Å². The van der Waals surface area contributed by atoms with Crippen LogP contribution < -0.4 is 15.8 Å². The number of nitrogens with zero attached hydrogens (tertiary/aromatic N) is 1. The normalized spacial score (nSPS) is 10.5. The molecular formula is C25H26ClN3O3. The van der Waals surface area contributed by atoms with Gasteiger partial charge in [-0.3, -0.25) is 9.59 Å². The number of hydrogen-bond donors (Lipinski definition) is 2. The smallest absolute Gasteiger partial charge is 0.259 e. The summed E-state index contributed by atoms with van der Waals surface area (Å²) >= 11 is 6.43. The lowest BCUT2D eigenvalue weighted by molar-refractivity contribution is 0.0742. The molecule has 7 heteroatoms. The van der Waals surface area contributed by atoms with Gasteiger partial charge in [-0.1, -0.05) is 41.9 Å². The molecule has 0 fully saturated rings. The van der Waals surface area contributed by atoms with Crippen molar-refractivity contribution in [1.82, 2.24) is 4.90 Å². The van der Waals surface area contributed by atoms with E-state index in [1.807, 2.05) is 18.2 Å². The van der Waals surface area contributed by atoms with Crippen LogP contribution in [0.4, 0.5) is 5.69 Å². The molecule has 0 aliphatic carbocycles. The van der Waals surface area contributed by atoms with Crippen LogP contribution in [0.1, 0.15) is 32.7 Å². The molecule has 0 spiro atoms. The second-order valence-electron chi connectivity index (χ2n) is 7.20. The van der Waals surface area contributed by atoms with Crippen LogP contribution in [0.25, 0.3) is 0 Å². The fraction of sp³-hybridized carbons (Fsp3) is 0.200. The van der Waals surface area contributed by atoms with Gasteiger partial charge in [-0.2, -0.15) is 0 Å². The maximum atomic E-state index is 13.0. The van der Waals surface area contributed by atoms with E-state index in [4.69, 9.17) is 22.1 Å². The molecule has 0 aromatic heterocycles. The quantitative estimate of drug-likeness (QED) is 0.498. The van der Waals surface area contributed by atoms with Crippen molar-refractivity contribution in [2.24, 2.45) is 5.73 Å². The first kappa shape index (κ1) is 23.3. The number of amides is 2. The van der Waals surface area contributed by atoms with Crippen LogP contribution in [0.3, 0.4) is 0 Å². The molecule has 0 saturated heterocycles. The van der Waals surface area contributed by atoms with Gasteiger partial charge in [-0.25, -0.2) is 0 Å². The number of carbonyl (C=O) groups excluding carboxylic acids is 2. The Kier molecular flexibility index (Phi) is 8.25. The third-order valence-corrected chi connectivity index (χ3v) is 5.33. The number of methoxy groups -OCH3 is 1. The summed E-state index contributed by atoms with van der Waals surface area (Å²) < 4.78 is 5.27. The first-order valence-electron chi connectivity index (χ1n) is 10.3. The lowest BCUT2D eigenvalue weighted by Gasteiger charge is -2.24. The number of anilines is 1. The zero-order chi connectivity index (χ0) is 22.9. The van der Waals surface area contributed by atoms with E-state index >= 15 is 0 Å². The monoisotopic (exact) mass is 451 g/mol. The highest BCUT2D eigenvalue weighted by Gasteiger charge is 2.18. The Bertz CT molecular complexity index is 1070. The average Bonchev–Trinajstić information content (AvgIpc) is 2.83. The van der Waals surface area contributed by atoms with Gasteiger partial charge in [0.1, 0.15) is 5.75 Å². The number of para-hydroxylation sites is 1. The summed E-state index contributed by atoms with van der Waals surface area (Å²) in [5, 5.41) is 3.39. The number of ether oxygens (including phenoxy) is 1. The number of nitrogens with two attached hydrogens (primary N) is 1. The van der Waals surface area contributed by atoms with Crippen LogP contribution in [0.5, 0.6) is 5.75 Å². The second kappa shape index (κ2) is 11.3. The fourth-order valence-corrected chi connectivity index (χ4v) is 3.49. The molecule has 32 heavy (non-hydrogen) atoms. The minimum atomic E-state index is -0.295. The van der Waals surface area contributed by atoms with E-state index in [2.05, 4.69) is 5.32 Å². The van der Waals surface area contributed by atoms with E-state index < -0.39 is 0 Å². The van der Waals surface area contributed by atoms with Crippen molar-refractivity contribution in [3.05, 3.63) is 94.5 Å². The Balaban J connectivity index is 1.81. The Morgan fingerprint density at radius 3 is 2.47 bits per heavy atom. The largest absolute Gasteiger partial charge is 0.496 e. The van der Waals surface area contributed by atoms with Crippen LogP contribution in [0.2, 0.25) is 5.02 Å². The SMILES string of the molecule is COc1ccccc1C(=O)Nc1ccc(Cl)c(CN(CCCN)C(=O)c2ccccc2)c1. The van der Waals surface area contributed by atoms with E-state index in [1.54, 1.807) is 59.5 Å². The van der Waals surface area contributed by atoms with Gasteiger partial charge in [0, 0.05) is 29.4 Å². The van der Waals surface area contributed by atoms with Gasteiger partial charge >= 0.3 is 0 Å². The average molecular weight is 452 g/mol. The van der Waals surface area contributed by atoms with Gasteiger partial charge in [0.25, 0.3) is 11.8 Å². The lowest BCUT2D eigenvalue weighted by Crippen LogP contribution is -2.32. The molecule has 2 amide bonds. The lowest BCUT2D eigenvalue weighted by atomic mass is 10.1. The molecular weight excluding hydrogens is 426 g/mol. The highest BCUT2D eigenvalue weighted by Crippen LogP contribution is 2.25. The summed E-state index contributed by atoms with van der Waals surface area (Å²) in [5.41, 5.74) is 8.00. The van der Waals surface area contributed by atoms with Gasteiger partial charge in [-0.15, -0.1) is 0 Å².